The summed E-state index contributed by atoms with van der Waals surface area (Å²) in [6.45, 7) is 8.47. The standard InChI is InChI=1S/C14H20N4O6/c1-9(2)11(19)23-7-6-18(5-4-16-14(18)22)24-12(20)10(3)8-17-13(15)21/h1,3-8H2,2H3,(H3-,15,16,17,21,22)/p+1. The molecule has 24 heavy (non-hydrogen) atoms. The molecule has 1 aliphatic heterocycles. The highest BCUT2D eigenvalue weighted by atomic mass is 16.8. The lowest BCUT2D eigenvalue weighted by molar-refractivity contribution is -1.02. The Morgan fingerprint density at radius 3 is 2.50 bits per heavy atom. The van der Waals surface area contributed by atoms with Crippen LogP contribution in [0.4, 0.5) is 9.59 Å². The molecule has 10 heteroatoms. The smallest absolute Gasteiger partial charge is 0.456 e. The van der Waals surface area contributed by atoms with Crippen molar-refractivity contribution in [3.05, 3.63) is 24.3 Å². The second-order valence-corrected chi connectivity index (χ2v) is 5.18. The molecular weight excluding hydrogens is 320 g/mol. The van der Waals surface area contributed by atoms with Crippen LogP contribution in [0.2, 0.25) is 0 Å². The second-order valence-electron chi connectivity index (χ2n) is 5.18. The predicted octanol–water partition coefficient (Wildman–Crippen LogP) is -0.672. The third-order valence-electron chi connectivity index (χ3n) is 3.18. The average Bonchev–Trinajstić information content (AvgIpc) is 2.85. The first-order valence-corrected chi connectivity index (χ1v) is 7.11. The number of nitrogens with one attached hydrogen (secondary N) is 2. The molecule has 4 amide bonds. The summed E-state index contributed by atoms with van der Waals surface area (Å²) in [5, 5.41) is 4.74. The number of rotatable bonds is 8. The number of quaternary nitrogens is 1. The van der Waals surface area contributed by atoms with Gasteiger partial charge < -0.3 is 15.8 Å². The summed E-state index contributed by atoms with van der Waals surface area (Å²) in [7, 11) is 0. The molecule has 0 spiro atoms. The molecule has 4 N–H and O–H groups in total. The zero-order valence-electron chi connectivity index (χ0n) is 13.4. The number of amides is 4. The van der Waals surface area contributed by atoms with Crippen molar-refractivity contribution in [3.63, 3.8) is 0 Å². The van der Waals surface area contributed by atoms with Crippen LogP contribution >= 0.6 is 0 Å². The minimum absolute atomic E-state index is 0.0624. The molecule has 0 aromatic heterocycles. The molecule has 0 bridgehead atoms. The van der Waals surface area contributed by atoms with E-state index in [1.807, 2.05) is 0 Å². The number of hydrogen-bond donors (Lipinski definition) is 3. The van der Waals surface area contributed by atoms with Gasteiger partial charge in [-0.25, -0.2) is 19.2 Å². The molecule has 1 fully saturated rings. The van der Waals surface area contributed by atoms with E-state index in [2.05, 4.69) is 23.8 Å². The molecule has 132 valence electrons. The van der Waals surface area contributed by atoms with Gasteiger partial charge in [-0.1, -0.05) is 13.2 Å². The minimum atomic E-state index is -0.868. The third kappa shape index (κ3) is 5.09. The fourth-order valence-corrected chi connectivity index (χ4v) is 1.83. The van der Waals surface area contributed by atoms with Crippen molar-refractivity contribution in [1.82, 2.24) is 10.6 Å². The van der Waals surface area contributed by atoms with Crippen LogP contribution in [0.5, 0.6) is 0 Å². The summed E-state index contributed by atoms with van der Waals surface area (Å²) in [6.07, 6.45) is 0. The number of carbonyl (C=O) groups is 4. The third-order valence-corrected chi connectivity index (χ3v) is 3.18. The fourth-order valence-electron chi connectivity index (χ4n) is 1.83. The zero-order chi connectivity index (χ0) is 18.3. The summed E-state index contributed by atoms with van der Waals surface area (Å²) in [6, 6.07) is -1.36. The van der Waals surface area contributed by atoms with Gasteiger partial charge in [0.25, 0.3) is 0 Å². The van der Waals surface area contributed by atoms with Gasteiger partial charge in [-0.2, -0.15) is 0 Å². The molecule has 1 aliphatic rings. The second kappa shape index (κ2) is 8.11. The Bertz CT molecular complexity index is 588. The predicted molar refractivity (Wildman–Crippen MR) is 82.0 cm³/mol. The van der Waals surface area contributed by atoms with Crippen molar-refractivity contribution in [2.24, 2.45) is 5.73 Å². The summed E-state index contributed by atoms with van der Waals surface area (Å²) in [4.78, 5) is 51.3. The molecule has 0 aromatic carbocycles. The number of esters is 1. The summed E-state index contributed by atoms with van der Waals surface area (Å²) in [5.74, 6) is -1.47. The van der Waals surface area contributed by atoms with Gasteiger partial charge in [0.1, 0.15) is 13.2 Å². The molecule has 1 atom stereocenters. The van der Waals surface area contributed by atoms with Gasteiger partial charge in [0.15, 0.2) is 6.54 Å². The monoisotopic (exact) mass is 341 g/mol. The van der Waals surface area contributed by atoms with Crippen molar-refractivity contribution >= 4 is 24.0 Å². The molecular formula is C14H21N4O6+. The van der Waals surface area contributed by atoms with E-state index in [1.165, 1.54) is 6.92 Å². The van der Waals surface area contributed by atoms with Crippen LogP contribution in [0.25, 0.3) is 0 Å². The number of urea groups is 2. The topological polar surface area (TPSA) is 137 Å². The number of nitrogens with two attached hydrogens (primary N) is 1. The Hall–Kier alpha value is -2.88. The molecule has 0 aliphatic carbocycles. The molecule has 1 rings (SSSR count). The van der Waals surface area contributed by atoms with Crippen LogP contribution in [0.1, 0.15) is 6.92 Å². The largest absolute Gasteiger partial charge is 0.458 e. The highest BCUT2D eigenvalue weighted by Crippen LogP contribution is 2.16. The number of hydroxylamine groups is 3. The molecule has 1 saturated heterocycles. The van der Waals surface area contributed by atoms with E-state index in [-0.39, 0.29) is 37.4 Å². The van der Waals surface area contributed by atoms with Crippen LogP contribution in [0, 0.1) is 0 Å². The lowest BCUT2D eigenvalue weighted by Crippen LogP contribution is -2.54. The van der Waals surface area contributed by atoms with Gasteiger partial charge in [-0.3, -0.25) is 10.2 Å². The Labute approximate surface area is 138 Å². The quantitative estimate of drug-likeness (QED) is 0.304. The van der Waals surface area contributed by atoms with E-state index in [9.17, 15) is 19.2 Å². The van der Waals surface area contributed by atoms with E-state index in [4.69, 9.17) is 15.3 Å². The summed E-state index contributed by atoms with van der Waals surface area (Å²) >= 11 is 0. The number of primary amides is 1. The van der Waals surface area contributed by atoms with Crippen LogP contribution < -0.4 is 16.4 Å². The average molecular weight is 341 g/mol. The Balaban J connectivity index is 2.68. The molecule has 0 saturated carbocycles. The first kappa shape index (κ1) is 19.2. The van der Waals surface area contributed by atoms with Crippen LogP contribution in [0.3, 0.4) is 0 Å². The maximum Gasteiger partial charge on any atom is 0.458 e. The minimum Gasteiger partial charge on any atom is -0.456 e. The van der Waals surface area contributed by atoms with Gasteiger partial charge in [-0.15, -0.1) is 0 Å². The van der Waals surface area contributed by atoms with Crippen molar-refractivity contribution in [1.29, 1.82) is 0 Å². The molecule has 10 nitrogen and oxygen atoms in total. The van der Waals surface area contributed by atoms with Crippen LogP contribution in [-0.4, -0.2) is 61.4 Å². The molecule has 0 radical (unpaired) electrons. The molecule has 1 heterocycles. The fraction of sp³-hybridized carbons (Fsp3) is 0.429. The van der Waals surface area contributed by atoms with E-state index < -0.39 is 28.6 Å². The van der Waals surface area contributed by atoms with Gasteiger partial charge in [0, 0.05) is 5.57 Å². The zero-order valence-corrected chi connectivity index (χ0v) is 13.4. The van der Waals surface area contributed by atoms with E-state index in [1.54, 1.807) is 0 Å². The summed E-state index contributed by atoms with van der Waals surface area (Å²) in [5.41, 5.74) is 5.04. The number of ether oxygens (including phenoxy) is 1. The van der Waals surface area contributed by atoms with E-state index in [0.29, 0.717) is 6.54 Å². The maximum absolute atomic E-state index is 12.0. The van der Waals surface area contributed by atoms with E-state index in [0.717, 1.165) is 0 Å². The lowest BCUT2D eigenvalue weighted by Gasteiger charge is -2.26. The van der Waals surface area contributed by atoms with Gasteiger partial charge in [0.05, 0.1) is 18.7 Å². The SMILES string of the molecule is C=C(C)C(=O)OCC[N+]1(OC(=O)C(=C)CNC(N)=O)CCNC1=O. The first-order valence-electron chi connectivity index (χ1n) is 7.11. The highest BCUT2D eigenvalue weighted by molar-refractivity contribution is 5.89. The number of carbonyl (C=O) groups excluding carboxylic acids is 4. The van der Waals surface area contributed by atoms with Crippen molar-refractivity contribution in [2.45, 2.75) is 6.92 Å². The first-order chi connectivity index (χ1) is 11.2. The Kier molecular flexibility index (Phi) is 6.48. The molecule has 0 aromatic rings. The van der Waals surface area contributed by atoms with Gasteiger partial charge >= 0.3 is 24.0 Å². The number of hydrogen-bond acceptors (Lipinski definition) is 6. The van der Waals surface area contributed by atoms with Gasteiger partial charge in [-0.05, 0) is 11.6 Å². The Morgan fingerprint density at radius 2 is 2.00 bits per heavy atom. The van der Waals surface area contributed by atoms with Gasteiger partial charge in [0.2, 0.25) is 0 Å². The van der Waals surface area contributed by atoms with Crippen molar-refractivity contribution in [2.75, 3.05) is 32.8 Å². The van der Waals surface area contributed by atoms with Crippen LogP contribution in [0.15, 0.2) is 24.3 Å². The van der Waals surface area contributed by atoms with Crippen LogP contribution in [-0.2, 0) is 19.2 Å². The molecule has 1 unspecified atom stereocenters. The van der Waals surface area contributed by atoms with E-state index >= 15 is 0 Å². The Morgan fingerprint density at radius 1 is 1.33 bits per heavy atom. The summed E-state index contributed by atoms with van der Waals surface area (Å²) < 4.78 is 4.26. The highest BCUT2D eigenvalue weighted by Gasteiger charge is 2.47. The lowest BCUT2D eigenvalue weighted by atomic mass is 10.3. The van der Waals surface area contributed by atoms with Crippen molar-refractivity contribution in [3.8, 4) is 0 Å². The number of nitrogens with zero attached hydrogens (tertiary/aromatic N) is 1. The maximum atomic E-state index is 12.0. The normalized spacial score (nSPS) is 19.1. The van der Waals surface area contributed by atoms with Crippen molar-refractivity contribution < 1.29 is 33.4 Å².